The highest BCUT2D eigenvalue weighted by molar-refractivity contribution is 5.89. The highest BCUT2D eigenvalue weighted by Gasteiger charge is 2.70. The van der Waals surface area contributed by atoms with E-state index in [1.807, 2.05) is 13.8 Å². The number of nitrogens with zero attached hydrogens (tertiary/aromatic N) is 2. The summed E-state index contributed by atoms with van der Waals surface area (Å²) in [6, 6.07) is 9.78. The molecule has 4 aliphatic carbocycles. The molecule has 0 N–H and O–H groups in total. The number of likely N-dealkylation sites (tertiary alicyclic amines) is 2. The first kappa shape index (κ1) is 36.5. The van der Waals surface area contributed by atoms with Crippen molar-refractivity contribution in [2.24, 2.45) is 11.8 Å². The van der Waals surface area contributed by atoms with Gasteiger partial charge >= 0.3 is 0 Å². The lowest BCUT2D eigenvalue weighted by Gasteiger charge is -2.60. The Morgan fingerprint density at radius 2 is 1.05 bits per heavy atom. The summed E-state index contributed by atoms with van der Waals surface area (Å²) < 4.78 is 37.5. The molecule has 6 aliphatic heterocycles. The van der Waals surface area contributed by atoms with Crippen molar-refractivity contribution in [1.82, 2.24) is 0 Å². The third-order valence-corrected chi connectivity index (χ3v) is 16.8. The first-order chi connectivity index (χ1) is 27.7. The van der Waals surface area contributed by atoms with Crippen molar-refractivity contribution in [2.75, 3.05) is 40.3 Å². The van der Waals surface area contributed by atoms with Crippen molar-refractivity contribution in [1.29, 1.82) is 0 Å². The Kier molecular flexibility index (Phi) is 7.58. The van der Waals surface area contributed by atoms with E-state index in [-0.39, 0.29) is 23.0 Å². The molecule has 4 bridgehead atoms. The summed E-state index contributed by atoms with van der Waals surface area (Å²) in [5, 5.41) is 0. The van der Waals surface area contributed by atoms with Gasteiger partial charge in [0.15, 0.2) is 35.3 Å². The van der Waals surface area contributed by atoms with Gasteiger partial charge in [-0.3, -0.25) is 9.59 Å². The smallest absolute Gasteiger partial charge is 0.282 e. The van der Waals surface area contributed by atoms with Gasteiger partial charge in [-0.05, 0) is 75.9 Å². The Hall–Kier alpha value is -4.54. The number of hydrogen-bond donors (Lipinski definition) is 0. The van der Waals surface area contributed by atoms with Crippen LogP contribution in [0, 0.1) is 25.7 Å². The number of ether oxygens (including phenoxy) is 6. The van der Waals surface area contributed by atoms with Crippen LogP contribution in [0.4, 0.5) is 0 Å². The average molecular weight is 789 g/mol. The van der Waals surface area contributed by atoms with Crippen LogP contribution in [-0.4, -0.2) is 85.1 Å². The standard InChI is InChI=1S/2C24H28NO4/c2*1-13-5-6-16-11-18-17-7-8-19(26)23-24(17,21(16)22(13)29-23)9-10-25(18,4)12-20-14(2)27-15(3)28-20/h2*5-6,17-18,23H,3,7-12H2,1-2,4H3/q2*+1/t17-,18?,23-,24-,25+;17-,18?,23-,24-,25-/m00/s1. The first-order valence-corrected chi connectivity index (χ1v) is 21.5. The molecular weight excluding hydrogens is 733 g/mol. The van der Waals surface area contributed by atoms with E-state index < -0.39 is 0 Å². The number of aryl methyl sites for hydroxylation is 2. The fourth-order valence-corrected chi connectivity index (χ4v) is 14.1. The molecular formula is C48H56N2O8+2. The Morgan fingerprint density at radius 3 is 1.43 bits per heavy atom. The van der Waals surface area contributed by atoms with E-state index in [4.69, 9.17) is 28.4 Å². The third kappa shape index (κ3) is 4.67. The number of likely N-dealkylation sites (N-methyl/N-ethyl adjacent to an activating group) is 2. The molecule has 10 aliphatic rings. The summed E-state index contributed by atoms with van der Waals surface area (Å²) in [5.74, 6) is 7.72. The number of rotatable bonds is 4. The van der Waals surface area contributed by atoms with Crippen LogP contribution in [0.2, 0.25) is 0 Å². The van der Waals surface area contributed by atoms with Crippen molar-refractivity contribution in [3.63, 3.8) is 0 Å². The van der Waals surface area contributed by atoms with E-state index >= 15 is 0 Å². The minimum Gasteiger partial charge on any atom is -0.481 e. The van der Waals surface area contributed by atoms with Crippen LogP contribution in [0.5, 0.6) is 11.5 Å². The van der Waals surface area contributed by atoms with Crippen LogP contribution in [0.3, 0.4) is 0 Å². The van der Waals surface area contributed by atoms with Crippen LogP contribution in [-0.2, 0) is 52.2 Å². The zero-order valence-electron chi connectivity index (χ0n) is 34.8. The zero-order chi connectivity index (χ0) is 40.3. The van der Waals surface area contributed by atoms with Gasteiger partial charge in [0.25, 0.3) is 11.9 Å². The number of Topliss-reactive ketones (excluding diaryl/α,β-unsaturated/α-hetero) is 2. The average Bonchev–Trinajstić information content (AvgIpc) is 3.91. The van der Waals surface area contributed by atoms with Crippen molar-refractivity contribution < 1.29 is 47.0 Å². The molecule has 10 nitrogen and oxygen atoms in total. The monoisotopic (exact) mass is 788 g/mol. The Bertz CT molecular complexity index is 2180. The zero-order valence-corrected chi connectivity index (χ0v) is 34.8. The SMILES string of the molecule is C=C1OC(C)=C(C[N@+]2(C)CC[C@]34c5c6ccc(C)c5O[C@H]3C(=O)CC[C@H]4C2C6)O1.C=C1OC(C)=C(C[N@@+]2(C)CC[C@]34c5c6ccc(C)c5O[C@H]3C(=O)CC[C@H]4C2C6)O1. The Balaban J connectivity index is 0.000000133. The van der Waals surface area contributed by atoms with Crippen molar-refractivity contribution in [3.8, 4) is 11.5 Å². The van der Waals surface area contributed by atoms with Crippen LogP contribution in [0.15, 0.2) is 72.4 Å². The number of quaternary nitrogens is 2. The predicted octanol–water partition coefficient (Wildman–Crippen LogP) is 6.99. The summed E-state index contributed by atoms with van der Waals surface area (Å²) >= 11 is 0. The minimum atomic E-state index is -0.292. The van der Waals surface area contributed by atoms with Gasteiger partial charge in [0, 0.05) is 61.5 Å². The van der Waals surface area contributed by atoms with E-state index in [1.165, 1.54) is 22.3 Å². The molecule has 0 aromatic heterocycles. The molecule has 2 saturated heterocycles. The van der Waals surface area contributed by atoms with Gasteiger partial charge in [-0.15, -0.1) is 0 Å². The maximum absolute atomic E-state index is 13.0. The van der Waals surface area contributed by atoms with Gasteiger partial charge in [0.05, 0.1) is 50.1 Å². The lowest BCUT2D eigenvalue weighted by Crippen LogP contribution is -2.72. The molecule has 4 fully saturated rings. The molecule has 2 spiro atoms. The van der Waals surface area contributed by atoms with Crippen LogP contribution in [0.1, 0.15) is 85.8 Å². The number of allylic oxidation sites excluding steroid dienone is 2. The first-order valence-electron chi connectivity index (χ1n) is 21.5. The quantitative estimate of drug-likeness (QED) is 0.307. The van der Waals surface area contributed by atoms with Crippen LogP contribution >= 0.6 is 0 Å². The number of carbonyl (C=O) groups is 2. The van der Waals surface area contributed by atoms with Crippen LogP contribution < -0.4 is 9.47 Å². The highest BCUT2D eigenvalue weighted by Crippen LogP contribution is 2.65. The molecule has 2 saturated carbocycles. The summed E-state index contributed by atoms with van der Waals surface area (Å²) in [7, 11) is 4.70. The lowest BCUT2D eigenvalue weighted by molar-refractivity contribution is -0.942. The summed E-state index contributed by atoms with van der Waals surface area (Å²) in [5.41, 5.74) is 7.56. The fraction of sp³-hybridized carbons (Fsp3) is 0.542. The molecule has 2 aromatic rings. The van der Waals surface area contributed by atoms with E-state index in [0.717, 1.165) is 119 Å². The molecule has 2 aromatic carbocycles. The number of hydrogen-bond acceptors (Lipinski definition) is 8. The van der Waals surface area contributed by atoms with E-state index in [0.29, 0.717) is 60.2 Å². The summed E-state index contributed by atoms with van der Waals surface area (Å²) in [4.78, 5) is 25.9. The molecule has 10 heteroatoms. The molecule has 0 radical (unpaired) electrons. The molecule has 6 heterocycles. The van der Waals surface area contributed by atoms with Crippen LogP contribution in [0.25, 0.3) is 0 Å². The second kappa shape index (κ2) is 12.0. The van der Waals surface area contributed by atoms with Gasteiger partial charge < -0.3 is 37.4 Å². The fourth-order valence-electron chi connectivity index (χ4n) is 14.1. The van der Waals surface area contributed by atoms with Crippen molar-refractivity contribution in [2.45, 2.75) is 114 Å². The molecule has 304 valence electrons. The third-order valence-electron chi connectivity index (χ3n) is 16.8. The number of carbonyl (C=O) groups excluding carboxylic acids is 2. The summed E-state index contributed by atoms with van der Waals surface area (Å²) in [6.45, 7) is 19.4. The molecule has 10 atom stereocenters. The van der Waals surface area contributed by atoms with Gasteiger partial charge in [-0.2, -0.15) is 0 Å². The normalized spacial score (nSPS) is 39.1. The van der Waals surface area contributed by atoms with Crippen molar-refractivity contribution in [3.05, 3.63) is 106 Å². The Morgan fingerprint density at radius 1 is 0.638 bits per heavy atom. The number of piperidine rings is 2. The topological polar surface area (TPSA) is 89.5 Å². The van der Waals surface area contributed by atoms with Gasteiger partial charge in [-0.25, -0.2) is 0 Å². The lowest BCUT2D eigenvalue weighted by atomic mass is 9.51. The molecule has 12 rings (SSSR count). The second-order valence-electron chi connectivity index (χ2n) is 19.7. The predicted molar refractivity (Wildman–Crippen MR) is 214 cm³/mol. The summed E-state index contributed by atoms with van der Waals surface area (Å²) in [6.07, 6.45) is 6.64. The highest BCUT2D eigenvalue weighted by atomic mass is 16.7. The second-order valence-corrected chi connectivity index (χ2v) is 19.7. The maximum Gasteiger partial charge on any atom is 0.282 e. The van der Waals surface area contributed by atoms with Gasteiger partial charge in [0.2, 0.25) is 0 Å². The van der Waals surface area contributed by atoms with Gasteiger partial charge in [0.1, 0.15) is 36.1 Å². The molecule has 2 unspecified atom stereocenters. The molecule has 58 heavy (non-hydrogen) atoms. The van der Waals surface area contributed by atoms with E-state index in [1.54, 1.807) is 0 Å². The van der Waals surface area contributed by atoms with E-state index in [9.17, 15) is 9.59 Å². The van der Waals surface area contributed by atoms with E-state index in [2.05, 4.69) is 65.4 Å². The van der Waals surface area contributed by atoms with Gasteiger partial charge in [-0.1, -0.05) is 24.3 Å². The Labute approximate surface area is 341 Å². The number of ketones is 2. The number of benzene rings is 2. The minimum absolute atomic E-state index is 0.132. The molecule has 0 amide bonds. The van der Waals surface area contributed by atoms with Crippen molar-refractivity contribution >= 4 is 11.6 Å². The maximum atomic E-state index is 13.0. The largest absolute Gasteiger partial charge is 0.481 e.